The Morgan fingerprint density at radius 2 is 2.00 bits per heavy atom. The van der Waals surface area contributed by atoms with Crippen LogP contribution in [0.3, 0.4) is 0 Å². The molecule has 2 aliphatic carbocycles. The zero-order valence-corrected chi connectivity index (χ0v) is 16.5. The van der Waals surface area contributed by atoms with Gasteiger partial charge in [0.1, 0.15) is 0 Å². The quantitative estimate of drug-likeness (QED) is 0.868. The van der Waals surface area contributed by atoms with Gasteiger partial charge < -0.3 is 10.2 Å². The van der Waals surface area contributed by atoms with E-state index < -0.39 is 0 Å². The molecule has 2 aromatic rings. The highest BCUT2D eigenvalue weighted by atomic mass is 16.2. The molecular formula is C23H29N3O. The molecule has 0 bridgehead atoms. The highest BCUT2D eigenvalue weighted by Crippen LogP contribution is 2.39. The Balaban J connectivity index is 1.39. The van der Waals surface area contributed by atoms with E-state index in [4.69, 9.17) is 0 Å². The van der Waals surface area contributed by atoms with Gasteiger partial charge in [-0.2, -0.15) is 0 Å². The number of nitrogens with zero attached hydrogens (tertiary/aromatic N) is 2. The Kier molecular flexibility index (Phi) is 4.67. The van der Waals surface area contributed by atoms with Crippen molar-refractivity contribution in [3.63, 3.8) is 0 Å². The van der Waals surface area contributed by atoms with Crippen molar-refractivity contribution in [2.75, 3.05) is 12.4 Å². The minimum absolute atomic E-state index is 0.0880. The smallest absolute Gasteiger partial charge is 0.225 e. The summed E-state index contributed by atoms with van der Waals surface area (Å²) in [7, 11) is 1.88. The summed E-state index contributed by atoms with van der Waals surface area (Å²) in [5, 5.41) is 3.67. The number of hydrogen-bond donors (Lipinski definition) is 1. The van der Waals surface area contributed by atoms with Crippen LogP contribution < -0.4 is 5.32 Å². The third kappa shape index (κ3) is 3.45. The minimum atomic E-state index is 0.0880. The maximum absolute atomic E-state index is 12.3. The van der Waals surface area contributed by atoms with E-state index in [1.165, 1.54) is 17.5 Å². The van der Waals surface area contributed by atoms with Crippen molar-refractivity contribution in [2.45, 2.75) is 57.5 Å². The lowest BCUT2D eigenvalue weighted by molar-refractivity contribution is -0.137. The van der Waals surface area contributed by atoms with Crippen LogP contribution in [0.5, 0.6) is 0 Å². The van der Waals surface area contributed by atoms with Gasteiger partial charge in [0.15, 0.2) is 0 Å². The van der Waals surface area contributed by atoms with Crippen LogP contribution in [0.1, 0.15) is 49.9 Å². The minimum Gasteiger partial charge on any atom is -0.380 e. The molecule has 1 fully saturated rings. The van der Waals surface area contributed by atoms with E-state index in [-0.39, 0.29) is 17.2 Å². The monoisotopic (exact) mass is 363 g/mol. The maximum atomic E-state index is 12.3. The maximum Gasteiger partial charge on any atom is 0.225 e. The molecule has 1 saturated carbocycles. The van der Waals surface area contributed by atoms with Crippen molar-refractivity contribution in [3.05, 3.63) is 59.4 Å². The van der Waals surface area contributed by atoms with Crippen LogP contribution in [-0.4, -0.2) is 28.9 Å². The molecule has 1 N–H and O–H groups in total. The molecule has 1 unspecified atom stereocenters. The number of pyridine rings is 1. The Hall–Kier alpha value is -2.36. The predicted octanol–water partition coefficient (Wildman–Crippen LogP) is 4.15. The predicted molar refractivity (Wildman–Crippen MR) is 109 cm³/mol. The first-order valence-electron chi connectivity index (χ1n) is 10.00. The fourth-order valence-electron chi connectivity index (χ4n) is 4.31. The Bertz CT molecular complexity index is 824. The van der Waals surface area contributed by atoms with Crippen molar-refractivity contribution >= 4 is 11.6 Å². The van der Waals surface area contributed by atoms with Crippen LogP contribution in [-0.2, 0) is 23.2 Å². The van der Waals surface area contributed by atoms with Crippen LogP contribution in [0.25, 0.3) is 0 Å². The topological polar surface area (TPSA) is 45.2 Å². The van der Waals surface area contributed by atoms with E-state index >= 15 is 0 Å². The summed E-state index contributed by atoms with van der Waals surface area (Å²) < 4.78 is 0. The normalized spacial score (nSPS) is 20.6. The summed E-state index contributed by atoms with van der Waals surface area (Å²) in [6.45, 7) is 5.19. The molecule has 0 radical (unpaired) electrons. The molecule has 4 nitrogen and oxygen atoms in total. The molecule has 2 aliphatic rings. The van der Waals surface area contributed by atoms with Gasteiger partial charge in [0, 0.05) is 24.4 Å². The van der Waals surface area contributed by atoms with E-state index in [1.54, 1.807) is 0 Å². The summed E-state index contributed by atoms with van der Waals surface area (Å²) in [5.74, 6) is 0.498. The van der Waals surface area contributed by atoms with Gasteiger partial charge in [0.25, 0.3) is 0 Å². The Labute approximate surface area is 162 Å². The van der Waals surface area contributed by atoms with E-state index in [0.717, 1.165) is 30.6 Å². The fraction of sp³-hybridized carbons (Fsp3) is 0.478. The molecule has 1 heterocycles. The van der Waals surface area contributed by atoms with Crippen molar-refractivity contribution in [3.8, 4) is 0 Å². The fourth-order valence-corrected chi connectivity index (χ4v) is 4.31. The third-order valence-corrected chi connectivity index (χ3v) is 6.40. The van der Waals surface area contributed by atoms with E-state index in [9.17, 15) is 4.79 Å². The van der Waals surface area contributed by atoms with Crippen molar-refractivity contribution in [1.29, 1.82) is 0 Å². The van der Waals surface area contributed by atoms with Gasteiger partial charge in [0.05, 0.1) is 24.1 Å². The molecule has 1 amide bonds. The second kappa shape index (κ2) is 6.99. The first-order chi connectivity index (χ1) is 12.9. The molecule has 1 aromatic carbocycles. The van der Waals surface area contributed by atoms with Gasteiger partial charge in [0.2, 0.25) is 5.91 Å². The Morgan fingerprint density at radius 1 is 1.22 bits per heavy atom. The standard InChI is InChI=1S/C23H29N3O/c1-23(2)20-10-5-4-7-17(20)13-21(23)25-18-11-12-19(24-14-18)15-26(3)22(27)16-8-6-9-16/h4-5,7,10-12,14,16,21,25H,6,8-9,13,15H2,1-3H3. The average Bonchev–Trinajstić information content (AvgIpc) is 2.86. The summed E-state index contributed by atoms with van der Waals surface area (Å²) in [6, 6.07) is 13.2. The first-order valence-corrected chi connectivity index (χ1v) is 10.00. The molecule has 4 heteroatoms. The molecule has 1 atom stereocenters. The highest BCUT2D eigenvalue weighted by molar-refractivity contribution is 5.79. The third-order valence-electron chi connectivity index (χ3n) is 6.40. The van der Waals surface area contributed by atoms with Crippen LogP contribution in [0.15, 0.2) is 42.6 Å². The number of hydrogen-bond acceptors (Lipinski definition) is 3. The van der Waals surface area contributed by atoms with Gasteiger partial charge in [-0.3, -0.25) is 9.78 Å². The summed E-state index contributed by atoms with van der Waals surface area (Å²) in [6.07, 6.45) is 6.20. The first kappa shape index (κ1) is 18.0. The van der Waals surface area contributed by atoms with Crippen LogP contribution >= 0.6 is 0 Å². The number of aromatic nitrogens is 1. The molecule has 0 spiro atoms. The zero-order chi connectivity index (χ0) is 19.0. The largest absolute Gasteiger partial charge is 0.380 e. The highest BCUT2D eigenvalue weighted by Gasteiger charge is 2.39. The van der Waals surface area contributed by atoms with E-state index in [0.29, 0.717) is 12.6 Å². The van der Waals surface area contributed by atoms with Gasteiger partial charge in [-0.25, -0.2) is 0 Å². The molecule has 4 rings (SSSR count). The number of rotatable bonds is 5. The number of nitrogens with one attached hydrogen (secondary N) is 1. The second-order valence-corrected chi connectivity index (χ2v) is 8.64. The molecular weight excluding hydrogens is 334 g/mol. The molecule has 27 heavy (non-hydrogen) atoms. The molecule has 1 aromatic heterocycles. The van der Waals surface area contributed by atoms with Gasteiger partial charge in [-0.05, 0) is 42.5 Å². The molecule has 142 valence electrons. The lowest BCUT2D eigenvalue weighted by Gasteiger charge is -2.30. The summed E-state index contributed by atoms with van der Waals surface area (Å²) in [5.41, 5.74) is 4.93. The zero-order valence-electron chi connectivity index (χ0n) is 16.5. The average molecular weight is 364 g/mol. The summed E-state index contributed by atoms with van der Waals surface area (Å²) >= 11 is 0. The van der Waals surface area contributed by atoms with Crippen LogP contribution in [0.2, 0.25) is 0 Å². The van der Waals surface area contributed by atoms with E-state index in [2.05, 4.69) is 54.5 Å². The number of carbonyl (C=O) groups is 1. The number of amides is 1. The van der Waals surface area contributed by atoms with E-state index in [1.807, 2.05) is 24.2 Å². The van der Waals surface area contributed by atoms with Gasteiger partial charge in [-0.15, -0.1) is 0 Å². The number of anilines is 1. The number of benzene rings is 1. The number of carbonyl (C=O) groups excluding carboxylic acids is 1. The number of fused-ring (bicyclic) bond motifs is 1. The molecule has 0 saturated heterocycles. The SMILES string of the molecule is CN(Cc1ccc(NC2Cc3ccccc3C2(C)C)cn1)C(=O)C1CCC1. The Morgan fingerprint density at radius 3 is 2.63 bits per heavy atom. The van der Waals surface area contributed by atoms with Gasteiger partial charge >= 0.3 is 0 Å². The van der Waals surface area contributed by atoms with Crippen molar-refractivity contribution < 1.29 is 4.79 Å². The van der Waals surface area contributed by atoms with Gasteiger partial charge in [-0.1, -0.05) is 44.5 Å². The molecule has 0 aliphatic heterocycles. The van der Waals surface area contributed by atoms with Crippen molar-refractivity contribution in [2.24, 2.45) is 5.92 Å². The summed E-state index contributed by atoms with van der Waals surface area (Å²) in [4.78, 5) is 18.7. The van der Waals surface area contributed by atoms with Crippen molar-refractivity contribution in [1.82, 2.24) is 9.88 Å². The lowest BCUT2D eigenvalue weighted by atomic mass is 9.83. The lowest BCUT2D eigenvalue weighted by Crippen LogP contribution is -2.36. The van der Waals surface area contributed by atoms with Crippen LogP contribution in [0.4, 0.5) is 5.69 Å². The van der Waals surface area contributed by atoms with Crippen LogP contribution in [0, 0.1) is 5.92 Å². The second-order valence-electron chi connectivity index (χ2n) is 8.64.